The Morgan fingerprint density at radius 3 is 2.71 bits per heavy atom. The normalized spacial score (nSPS) is 30.1. The highest BCUT2D eigenvalue weighted by Gasteiger charge is 2.40. The average Bonchev–Trinajstić information content (AvgIpc) is 2.71. The highest BCUT2D eigenvalue weighted by molar-refractivity contribution is 5.76. The number of fused-ring (bicyclic) bond motifs is 1. The first kappa shape index (κ1) is 12.9. The summed E-state index contributed by atoms with van der Waals surface area (Å²) in [5.74, 6) is 0.800. The Labute approximate surface area is 105 Å². The minimum absolute atomic E-state index is 0.0863. The van der Waals surface area contributed by atoms with Crippen molar-refractivity contribution in [3.05, 3.63) is 0 Å². The van der Waals surface area contributed by atoms with Gasteiger partial charge in [-0.1, -0.05) is 12.8 Å². The summed E-state index contributed by atoms with van der Waals surface area (Å²) in [6, 6.07) is 0.729. The van der Waals surface area contributed by atoms with Gasteiger partial charge >= 0.3 is 5.97 Å². The molecule has 2 fully saturated rings. The summed E-state index contributed by atoms with van der Waals surface area (Å²) in [6.07, 6.45) is 6.79. The maximum absolute atomic E-state index is 11.7. The molecule has 1 saturated carbocycles. The maximum Gasteiger partial charge on any atom is 0.312 e. The average molecular weight is 239 g/mol. The summed E-state index contributed by atoms with van der Waals surface area (Å²) in [4.78, 5) is 14.3. The standard InChI is InChI=1S/C14H25NO2/c1-14(2,13(16)17-3)10-15-9-8-11-6-4-5-7-12(11)15/h11-12H,4-10H2,1-3H3. The number of carbonyl (C=O) groups is 1. The van der Waals surface area contributed by atoms with E-state index >= 15 is 0 Å². The van der Waals surface area contributed by atoms with Crippen LogP contribution in [0.5, 0.6) is 0 Å². The molecule has 3 heteroatoms. The molecule has 0 spiro atoms. The smallest absolute Gasteiger partial charge is 0.312 e. The molecule has 2 atom stereocenters. The number of esters is 1. The SMILES string of the molecule is COC(=O)C(C)(C)CN1CCC2CCCCC21. The fraction of sp³-hybridized carbons (Fsp3) is 0.929. The van der Waals surface area contributed by atoms with Crippen LogP contribution in [0.2, 0.25) is 0 Å². The summed E-state index contributed by atoms with van der Waals surface area (Å²) in [6.45, 7) is 6.00. The van der Waals surface area contributed by atoms with E-state index in [-0.39, 0.29) is 11.4 Å². The first-order valence-electron chi connectivity index (χ1n) is 6.87. The number of nitrogens with zero attached hydrogens (tertiary/aromatic N) is 1. The van der Waals surface area contributed by atoms with Crippen LogP contribution < -0.4 is 0 Å². The van der Waals surface area contributed by atoms with Gasteiger partial charge in [0.25, 0.3) is 0 Å². The van der Waals surface area contributed by atoms with Crippen molar-refractivity contribution in [3.8, 4) is 0 Å². The molecule has 0 bridgehead atoms. The van der Waals surface area contributed by atoms with Gasteiger partial charge in [0.15, 0.2) is 0 Å². The van der Waals surface area contributed by atoms with Gasteiger partial charge in [0.2, 0.25) is 0 Å². The molecule has 2 unspecified atom stereocenters. The van der Waals surface area contributed by atoms with Gasteiger partial charge in [0.1, 0.15) is 0 Å². The Morgan fingerprint density at radius 1 is 1.29 bits per heavy atom. The van der Waals surface area contributed by atoms with Crippen molar-refractivity contribution in [2.45, 2.75) is 52.0 Å². The zero-order valence-corrected chi connectivity index (χ0v) is 11.4. The van der Waals surface area contributed by atoms with Crippen LogP contribution in [0.25, 0.3) is 0 Å². The first-order valence-corrected chi connectivity index (χ1v) is 6.87. The monoisotopic (exact) mass is 239 g/mol. The Bertz CT molecular complexity index is 288. The summed E-state index contributed by atoms with van der Waals surface area (Å²) in [5, 5.41) is 0. The predicted molar refractivity (Wildman–Crippen MR) is 67.7 cm³/mol. The molecule has 1 aliphatic carbocycles. The van der Waals surface area contributed by atoms with E-state index in [9.17, 15) is 4.79 Å². The van der Waals surface area contributed by atoms with Gasteiger partial charge in [-0.15, -0.1) is 0 Å². The number of rotatable bonds is 3. The van der Waals surface area contributed by atoms with E-state index in [1.54, 1.807) is 0 Å². The quantitative estimate of drug-likeness (QED) is 0.709. The Hall–Kier alpha value is -0.570. The fourth-order valence-electron chi connectivity index (χ4n) is 3.55. The lowest BCUT2D eigenvalue weighted by molar-refractivity contribution is -0.152. The van der Waals surface area contributed by atoms with Gasteiger partial charge in [0, 0.05) is 12.6 Å². The first-order chi connectivity index (χ1) is 8.04. The summed E-state index contributed by atoms with van der Waals surface area (Å²) >= 11 is 0. The number of ether oxygens (including phenoxy) is 1. The van der Waals surface area contributed by atoms with E-state index in [0.29, 0.717) is 0 Å². The minimum Gasteiger partial charge on any atom is -0.469 e. The van der Waals surface area contributed by atoms with Gasteiger partial charge in [-0.2, -0.15) is 0 Å². The van der Waals surface area contributed by atoms with Crippen LogP contribution in [0.3, 0.4) is 0 Å². The van der Waals surface area contributed by atoms with Crippen LogP contribution in [-0.2, 0) is 9.53 Å². The second-order valence-electron chi connectivity index (χ2n) is 6.25. The molecule has 0 N–H and O–H groups in total. The number of likely N-dealkylation sites (tertiary alicyclic amines) is 1. The molecule has 0 aromatic rings. The molecule has 2 aliphatic rings. The third-order valence-electron chi connectivity index (χ3n) is 4.46. The van der Waals surface area contributed by atoms with Crippen molar-refractivity contribution in [2.24, 2.45) is 11.3 Å². The van der Waals surface area contributed by atoms with Crippen LogP contribution in [0.4, 0.5) is 0 Å². The zero-order chi connectivity index (χ0) is 12.5. The number of hydrogen-bond acceptors (Lipinski definition) is 3. The highest BCUT2D eigenvalue weighted by Crippen LogP contribution is 2.37. The molecule has 0 aromatic heterocycles. The molecule has 1 aliphatic heterocycles. The third-order valence-corrected chi connectivity index (χ3v) is 4.46. The fourth-order valence-corrected chi connectivity index (χ4v) is 3.55. The largest absolute Gasteiger partial charge is 0.469 e. The van der Waals surface area contributed by atoms with Crippen LogP contribution in [0.1, 0.15) is 46.0 Å². The molecule has 0 amide bonds. The second kappa shape index (κ2) is 4.97. The molecule has 98 valence electrons. The number of carbonyl (C=O) groups excluding carboxylic acids is 1. The lowest BCUT2D eigenvalue weighted by Gasteiger charge is -2.35. The molecule has 1 saturated heterocycles. The molecule has 17 heavy (non-hydrogen) atoms. The second-order valence-corrected chi connectivity index (χ2v) is 6.25. The number of hydrogen-bond donors (Lipinski definition) is 0. The molecular weight excluding hydrogens is 214 g/mol. The lowest BCUT2D eigenvalue weighted by atomic mass is 9.84. The Balaban J connectivity index is 1.97. The van der Waals surface area contributed by atoms with Crippen molar-refractivity contribution in [1.29, 1.82) is 0 Å². The summed E-state index contributed by atoms with van der Waals surface area (Å²) < 4.78 is 4.90. The predicted octanol–water partition coefficient (Wildman–Crippen LogP) is 2.45. The van der Waals surface area contributed by atoms with Crippen molar-refractivity contribution in [1.82, 2.24) is 4.90 Å². The van der Waals surface area contributed by atoms with Crippen molar-refractivity contribution < 1.29 is 9.53 Å². The van der Waals surface area contributed by atoms with Crippen molar-refractivity contribution in [3.63, 3.8) is 0 Å². The van der Waals surface area contributed by atoms with Gasteiger partial charge in [-0.25, -0.2) is 0 Å². The van der Waals surface area contributed by atoms with Crippen LogP contribution >= 0.6 is 0 Å². The summed E-state index contributed by atoms with van der Waals surface area (Å²) in [5.41, 5.74) is -0.374. The van der Waals surface area contributed by atoms with E-state index < -0.39 is 0 Å². The highest BCUT2D eigenvalue weighted by atomic mass is 16.5. The van der Waals surface area contributed by atoms with E-state index in [4.69, 9.17) is 4.74 Å². The van der Waals surface area contributed by atoms with E-state index in [0.717, 1.165) is 25.0 Å². The topological polar surface area (TPSA) is 29.5 Å². The maximum atomic E-state index is 11.7. The van der Waals surface area contributed by atoms with Crippen LogP contribution in [-0.4, -0.2) is 37.1 Å². The van der Waals surface area contributed by atoms with Crippen LogP contribution in [0, 0.1) is 11.3 Å². The van der Waals surface area contributed by atoms with Crippen molar-refractivity contribution >= 4 is 5.97 Å². The molecule has 1 heterocycles. The van der Waals surface area contributed by atoms with Gasteiger partial charge in [-0.3, -0.25) is 9.69 Å². The van der Waals surface area contributed by atoms with Gasteiger partial charge < -0.3 is 4.74 Å². The molecular formula is C14H25NO2. The van der Waals surface area contributed by atoms with E-state index in [1.165, 1.54) is 39.2 Å². The summed E-state index contributed by atoms with van der Waals surface area (Å²) in [7, 11) is 1.48. The Morgan fingerprint density at radius 2 is 2.00 bits per heavy atom. The van der Waals surface area contributed by atoms with Gasteiger partial charge in [-0.05, 0) is 45.6 Å². The lowest BCUT2D eigenvalue weighted by Crippen LogP contribution is -2.44. The van der Waals surface area contributed by atoms with Crippen LogP contribution in [0.15, 0.2) is 0 Å². The van der Waals surface area contributed by atoms with Crippen molar-refractivity contribution in [2.75, 3.05) is 20.2 Å². The number of methoxy groups -OCH3 is 1. The molecule has 0 aromatic carbocycles. The molecule has 2 rings (SSSR count). The molecule has 3 nitrogen and oxygen atoms in total. The zero-order valence-electron chi connectivity index (χ0n) is 11.4. The van der Waals surface area contributed by atoms with E-state index in [2.05, 4.69) is 4.90 Å². The third kappa shape index (κ3) is 2.65. The minimum atomic E-state index is -0.374. The van der Waals surface area contributed by atoms with E-state index in [1.807, 2.05) is 13.8 Å². The Kier molecular flexibility index (Phi) is 3.76. The molecule has 0 radical (unpaired) electrons. The van der Waals surface area contributed by atoms with Gasteiger partial charge in [0.05, 0.1) is 12.5 Å².